The van der Waals surface area contributed by atoms with Crippen LogP contribution < -0.4 is 0 Å². The van der Waals surface area contributed by atoms with Gasteiger partial charge in [-0.2, -0.15) is 0 Å². The predicted molar refractivity (Wildman–Crippen MR) is 85.9 cm³/mol. The molecule has 0 aromatic heterocycles. The van der Waals surface area contributed by atoms with Crippen LogP contribution in [0.15, 0.2) is 0 Å². The molecule has 0 spiro atoms. The van der Waals surface area contributed by atoms with Gasteiger partial charge in [0.05, 0.1) is 0 Å². The summed E-state index contributed by atoms with van der Waals surface area (Å²) in [6, 6.07) is -1.41. The van der Waals surface area contributed by atoms with Gasteiger partial charge >= 0.3 is 151 Å². The van der Waals surface area contributed by atoms with Crippen molar-refractivity contribution < 1.29 is 29.4 Å². The van der Waals surface area contributed by atoms with Gasteiger partial charge in [0, 0.05) is 0 Å². The molecule has 10 heteroatoms. The van der Waals surface area contributed by atoms with Gasteiger partial charge in [-0.3, -0.25) is 0 Å². The standard InChI is InChI=1S/C14H20N2O6Se2/c17-11(15-5-1-3-9(15)13(19)20)7-23-24-8-12(18)16-6-2-4-10(16)14(21)22/h9-10H,1-8H2,(H,19,20)(H,21,22)/t9-,10-/m0/s1. The molecular weight excluding hydrogens is 450 g/mol. The zero-order valence-electron chi connectivity index (χ0n) is 13.0. The fourth-order valence-electron chi connectivity index (χ4n) is 2.99. The Morgan fingerprint density at radius 1 is 0.792 bits per heavy atom. The van der Waals surface area contributed by atoms with Gasteiger partial charge in [-0.15, -0.1) is 0 Å². The van der Waals surface area contributed by atoms with Crippen LogP contribution in [0.4, 0.5) is 0 Å². The monoisotopic (exact) mass is 472 g/mol. The van der Waals surface area contributed by atoms with Crippen molar-refractivity contribution in [1.29, 1.82) is 0 Å². The number of likely N-dealkylation sites (tertiary alicyclic amines) is 2. The fraction of sp³-hybridized carbons (Fsp3) is 0.714. The van der Waals surface area contributed by atoms with Crippen molar-refractivity contribution >= 4 is 50.0 Å². The summed E-state index contributed by atoms with van der Waals surface area (Å²) in [6.07, 6.45) is 2.43. The third-order valence-electron chi connectivity index (χ3n) is 4.16. The number of hydrogen-bond donors (Lipinski definition) is 2. The molecule has 0 aliphatic carbocycles. The minimum absolute atomic E-state index is 0.0240. The summed E-state index contributed by atoms with van der Waals surface area (Å²) in [6.45, 7) is 0.984. The van der Waals surface area contributed by atoms with Gasteiger partial charge in [0.25, 0.3) is 0 Å². The molecule has 24 heavy (non-hydrogen) atoms. The third kappa shape index (κ3) is 4.72. The molecule has 2 amide bonds. The molecule has 8 nitrogen and oxygen atoms in total. The maximum absolute atomic E-state index is 12.1. The molecule has 0 bridgehead atoms. The molecule has 0 radical (unpaired) electrons. The number of carboxylic acids is 2. The summed E-state index contributed by atoms with van der Waals surface area (Å²) in [4.78, 5) is 49.3. The molecule has 2 fully saturated rings. The first kappa shape index (κ1) is 19.2. The first-order valence-corrected chi connectivity index (χ1v) is 14.5. The minimum atomic E-state index is -0.956. The van der Waals surface area contributed by atoms with Crippen LogP contribution in [0, 0.1) is 0 Å². The molecule has 0 aromatic rings. The SMILES string of the molecule is O=C(O)[C@@H]1CCCN1C(=O)C[Se][Se]CC(=O)N1CCC[C@H]1C(=O)O. The van der Waals surface area contributed by atoms with E-state index in [1.807, 2.05) is 0 Å². The Kier molecular flexibility index (Phi) is 7.10. The van der Waals surface area contributed by atoms with E-state index in [0.717, 1.165) is 0 Å². The predicted octanol–water partition coefficient (Wildman–Crippen LogP) is -0.702. The van der Waals surface area contributed by atoms with E-state index in [0.29, 0.717) is 49.4 Å². The Morgan fingerprint density at radius 2 is 1.17 bits per heavy atom. The summed E-state index contributed by atoms with van der Waals surface area (Å²) in [7, 11) is 0. The van der Waals surface area contributed by atoms with E-state index < -0.39 is 24.0 Å². The van der Waals surface area contributed by atoms with Crippen LogP contribution in [0.25, 0.3) is 0 Å². The molecule has 2 N–H and O–H groups in total. The number of carboxylic acid groups (broad SMARTS) is 2. The van der Waals surface area contributed by atoms with Crippen LogP contribution in [0.1, 0.15) is 25.7 Å². The van der Waals surface area contributed by atoms with Gasteiger partial charge in [-0.1, -0.05) is 0 Å². The Morgan fingerprint density at radius 3 is 1.50 bits per heavy atom. The van der Waals surface area contributed by atoms with Crippen molar-refractivity contribution in [3.63, 3.8) is 0 Å². The Balaban J connectivity index is 1.71. The molecule has 0 aromatic carbocycles. The van der Waals surface area contributed by atoms with E-state index in [9.17, 15) is 19.2 Å². The van der Waals surface area contributed by atoms with Crippen molar-refractivity contribution in [2.24, 2.45) is 0 Å². The van der Waals surface area contributed by atoms with Gasteiger partial charge < -0.3 is 0 Å². The van der Waals surface area contributed by atoms with Crippen LogP contribution in [-0.4, -0.2) is 95.2 Å². The zero-order valence-corrected chi connectivity index (χ0v) is 16.5. The Bertz CT molecular complexity index is 483. The van der Waals surface area contributed by atoms with Gasteiger partial charge in [-0.05, 0) is 0 Å². The Labute approximate surface area is 150 Å². The average Bonchev–Trinajstić information content (AvgIpc) is 3.19. The van der Waals surface area contributed by atoms with E-state index in [-0.39, 0.29) is 38.1 Å². The molecule has 0 saturated carbocycles. The van der Waals surface area contributed by atoms with Crippen molar-refractivity contribution in [2.45, 2.75) is 48.4 Å². The van der Waals surface area contributed by atoms with E-state index in [2.05, 4.69) is 0 Å². The maximum atomic E-state index is 12.1. The van der Waals surface area contributed by atoms with Crippen molar-refractivity contribution in [3.8, 4) is 0 Å². The average molecular weight is 470 g/mol. The molecule has 2 aliphatic rings. The topological polar surface area (TPSA) is 115 Å². The van der Waals surface area contributed by atoms with Crippen LogP contribution >= 0.6 is 0 Å². The van der Waals surface area contributed by atoms with Crippen molar-refractivity contribution in [2.75, 3.05) is 13.1 Å². The number of aliphatic carboxylic acids is 2. The van der Waals surface area contributed by atoms with Crippen molar-refractivity contribution in [3.05, 3.63) is 0 Å². The van der Waals surface area contributed by atoms with E-state index >= 15 is 0 Å². The summed E-state index contributed by atoms with van der Waals surface area (Å²) >= 11 is -0.0480. The number of nitrogens with zero attached hydrogens (tertiary/aromatic N) is 2. The Hall–Kier alpha value is -1.08. The molecule has 2 aliphatic heterocycles. The van der Waals surface area contributed by atoms with Crippen LogP contribution in [-0.2, 0) is 19.2 Å². The van der Waals surface area contributed by atoms with Gasteiger partial charge in [-0.25, -0.2) is 0 Å². The van der Waals surface area contributed by atoms with E-state index in [1.54, 1.807) is 0 Å². The second-order valence-corrected chi connectivity index (χ2v) is 13.0. The van der Waals surface area contributed by atoms with Gasteiger partial charge in [0.15, 0.2) is 0 Å². The summed E-state index contributed by atoms with van der Waals surface area (Å²) in [5.74, 6) is -2.19. The van der Waals surface area contributed by atoms with Gasteiger partial charge in [0.1, 0.15) is 0 Å². The van der Waals surface area contributed by atoms with E-state index in [4.69, 9.17) is 10.2 Å². The quantitative estimate of drug-likeness (QED) is 0.376. The number of carbonyl (C=O) groups is 4. The van der Waals surface area contributed by atoms with Crippen molar-refractivity contribution in [1.82, 2.24) is 9.80 Å². The van der Waals surface area contributed by atoms with Gasteiger partial charge in [0.2, 0.25) is 0 Å². The number of carbonyl (C=O) groups excluding carboxylic acids is 2. The second-order valence-electron chi connectivity index (χ2n) is 5.69. The number of amides is 2. The normalized spacial score (nSPS) is 23.5. The first-order chi connectivity index (χ1) is 11.4. The molecule has 2 saturated heterocycles. The number of rotatable bonds is 7. The molecule has 0 unspecified atom stereocenters. The van der Waals surface area contributed by atoms with Crippen LogP contribution in [0.3, 0.4) is 0 Å². The summed E-state index contributed by atoms with van der Waals surface area (Å²) in [5, 5.41) is 18.8. The molecule has 2 rings (SSSR count). The second kappa shape index (κ2) is 8.85. The molecule has 2 heterocycles. The van der Waals surface area contributed by atoms with Crippen LogP contribution in [0.2, 0.25) is 10.6 Å². The molecule has 134 valence electrons. The summed E-state index contributed by atoms with van der Waals surface area (Å²) < 4.78 is 0. The van der Waals surface area contributed by atoms with Crippen LogP contribution in [0.5, 0.6) is 0 Å². The van der Waals surface area contributed by atoms with E-state index in [1.165, 1.54) is 9.80 Å². The molecular formula is C14H20N2O6Se2. The fourth-order valence-corrected chi connectivity index (χ4v) is 8.48. The zero-order chi connectivity index (χ0) is 17.7. The number of hydrogen-bond acceptors (Lipinski definition) is 4. The molecule has 2 atom stereocenters. The third-order valence-corrected chi connectivity index (χ3v) is 10.4. The summed E-state index contributed by atoms with van der Waals surface area (Å²) in [5.41, 5.74) is 0. The first-order valence-electron chi connectivity index (χ1n) is 7.70.